The van der Waals surface area contributed by atoms with Crippen LogP contribution in [0.3, 0.4) is 0 Å². The van der Waals surface area contributed by atoms with Crippen molar-refractivity contribution in [1.29, 1.82) is 0 Å². The van der Waals surface area contributed by atoms with Crippen molar-refractivity contribution in [3.63, 3.8) is 0 Å². The summed E-state index contributed by atoms with van der Waals surface area (Å²) >= 11 is 0. The quantitative estimate of drug-likeness (QED) is 0.366. The molecule has 0 saturated heterocycles. The summed E-state index contributed by atoms with van der Waals surface area (Å²) in [5, 5.41) is 9.09. The molecule has 0 aliphatic carbocycles. The Balaban J connectivity index is 1.46. The maximum absolute atomic E-state index is 13.3. The molecule has 4 rings (SSSR count). The standard InChI is InChI=1S/C26H33N5O3/c1-4-13-30-23-11-7-6-10-21(23)22-16-28-31(26(33)25(22)30)18-24(32)27-12-14-29(19(3)5-2)17-20-9-8-15-34-20/h6-11,15-16,19H,4-5,12-14,17-18H2,1-3H3,(H,27,32). The van der Waals surface area contributed by atoms with Gasteiger partial charge in [0.05, 0.1) is 19.0 Å². The minimum Gasteiger partial charge on any atom is -0.468 e. The largest absolute Gasteiger partial charge is 0.468 e. The van der Waals surface area contributed by atoms with Gasteiger partial charge in [0.1, 0.15) is 17.8 Å². The zero-order chi connectivity index (χ0) is 24.1. The summed E-state index contributed by atoms with van der Waals surface area (Å²) in [7, 11) is 0. The molecule has 8 nitrogen and oxygen atoms in total. The van der Waals surface area contributed by atoms with E-state index in [1.165, 1.54) is 4.68 Å². The van der Waals surface area contributed by atoms with Gasteiger partial charge in [-0.2, -0.15) is 5.10 Å². The van der Waals surface area contributed by atoms with Gasteiger partial charge in [-0.1, -0.05) is 32.0 Å². The number of para-hydroxylation sites is 1. The summed E-state index contributed by atoms with van der Waals surface area (Å²) < 4.78 is 8.79. The van der Waals surface area contributed by atoms with Gasteiger partial charge in [0.15, 0.2) is 0 Å². The Morgan fingerprint density at radius 2 is 2.00 bits per heavy atom. The third-order valence-corrected chi connectivity index (χ3v) is 6.39. The molecule has 4 aromatic rings. The average molecular weight is 464 g/mol. The maximum Gasteiger partial charge on any atom is 0.291 e. The van der Waals surface area contributed by atoms with E-state index in [4.69, 9.17) is 4.42 Å². The Hall–Kier alpha value is -3.39. The molecule has 1 aromatic carbocycles. The number of nitrogens with zero attached hydrogens (tertiary/aromatic N) is 4. The molecule has 1 unspecified atom stereocenters. The van der Waals surface area contributed by atoms with E-state index in [2.05, 4.69) is 36.1 Å². The number of furan rings is 1. The highest BCUT2D eigenvalue weighted by molar-refractivity contribution is 6.07. The van der Waals surface area contributed by atoms with Crippen LogP contribution in [0.4, 0.5) is 0 Å². The van der Waals surface area contributed by atoms with E-state index in [0.717, 1.165) is 41.4 Å². The van der Waals surface area contributed by atoms with Crippen molar-refractivity contribution in [3.8, 4) is 0 Å². The molecule has 3 heterocycles. The third-order valence-electron chi connectivity index (χ3n) is 6.39. The Morgan fingerprint density at radius 3 is 2.74 bits per heavy atom. The van der Waals surface area contributed by atoms with Crippen LogP contribution in [0.25, 0.3) is 21.8 Å². The van der Waals surface area contributed by atoms with Gasteiger partial charge in [0.25, 0.3) is 5.56 Å². The van der Waals surface area contributed by atoms with E-state index in [1.807, 2.05) is 41.0 Å². The maximum atomic E-state index is 13.3. The van der Waals surface area contributed by atoms with E-state index in [0.29, 0.717) is 31.2 Å². The summed E-state index contributed by atoms with van der Waals surface area (Å²) in [4.78, 5) is 28.2. The van der Waals surface area contributed by atoms with Crippen LogP contribution < -0.4 is 10.9 Å². The SMILES string of the molecule is CCCn1c2ccccc2c2cnn(CC(=O)NCCN(Cc3ccco3)C(C)CC)c(=O)c21. The third kappa shape index (κ3) is 4.92. The number of carbonyl (C=O) groups is 1. The molecule has 0 saturated carbocycles. The number of aryl methyl sites for hydroxylation is 1. The smallest absolute Gasteiger partial charge is 0.291 e. The molecule has 0 spiro atoms. The second-order valence-electron chi connectivity index (χ2n) is 8.70. The number of rotatable bonds is 11. The predicted octanol–water partition coefficient (Wildman–Crippen LogP) is 3.77. The molecular weight excluding hydrogens is 430 g/mol. The molecule has 1 amide bonds. The minimum absolute atomic E-state index is 0.107. The van der Waals surface area contributed by atoms with Crippen molar-refractivity contribution >= 4 is 27.7 Å². The highest BCUT2D eigenvalue weighted by Crippen LogP contribution is 2.26. The Morgan fingerprint density at radius 1 is 1.18 bits per heavy atom. The van der Waals surface area contributed by atoms with E-state index in [1.54, 1.807) is 12.5 Å². The van der Waals surface area contributed by atoms with Gasteiger partial charge in [-0.3, -0.25) is 14.5 Å². The normalized spacial score (nSPS) is 12.6. The van der Waals surface area contributed by atoms with Crippen LogP contribution in [0, 0.1) is 0 Å². The number of hydrogen-bond acceptors (Lipinski definition) is 5. The highest BCUT2D eigenvalue weighted by Gasteiger charge is 2.17. The van der Waals surface area contributed by atoms with Crippen molar-refractivity contribution in [3.05, 3.63) is 65.0 Å². The number of benzene rings is 1. The van der Waals surface area contributed by atoms with E-state index in [-0.39, 0.29) is 18.0 Å². The number of hydrogen-bond donors (Lipinski definition) is 1. The molecule has 8 heteroatoms. The van der Waals surface area contributed by atoms with Crippen molar-refractivity contribution in [2.45, 2.75) is 59.3 Å². The first-order valence-corrected chi connectivity index (χ1v) is 12.0. The van der Waals surface area contributed by atoms with Crippen molar-refractivity contribution in [2.75, 3.05) is 13.1 Å². The fraction of sp³-hybridized carbons (Fsp3) is 0.423. The lowest BCUT2D eigenvalue weighted by Gasteiger charge is -2.27. The Kier molecular flexibility index (Phi) is 7.47. The molecular formula is C26H33N5O3. The van der Waals surface area contributed by atoms with Gasteiger partial charge in [0.2, 0.25) is 5.91 Å². The zero-order valence-corrected chi connectivity index (χ0v) is 20.2. The van der Waals surface area contributed by atoms with E-state index in [9.17, 15) is 9.59 Å². The summed E-state index contributed by atoms with van der Waals surface area (Å²) in [6, 6.07) is 12.2. The van der Waals surface area contributed by atoms with Crippen LogP contribution in [-0.4, -0.2) is 44.3 Å². The number of amides is 1. The zero-order valence-electron chi connectivity index (χ0n) is 20.2. The van der Waals surface area contributed by atoms with Gasteiger partial charge < -0.3 is 14.3 Å². The molecule has 34 heavy (non-hydrogen) atoms. The molecule has 0 aliphatic rings. The van der Waals surface area contributed by atoms with Gasteiger partial charge in [-0.15, -0.1) is 0 Å². The molecule has 0 radical (unpaired) electrons. The van der Waals surface area contributed by atoms with Crippen LogP contribution in [0.1, 0.15) is 39.4 Å². The molecule has 1 N–H and O–H groups in total. The summed E-state index contributed by atoms with van der Waals surface area (Å²) in [6.45, 7) is 8.88. The summed E-state index contributed by atoms with van der Waals surface area (Å²) in [5.41, 5.74) is 1.38. The molecule has 0 aliphatic heterocycles. The van der Waals surface area contributed by atoms with Crippen LogP contribution >= 0.6 is 0 Å². The fourth-order valence-corrected chi connectivity index (χ4v) is 4.41. The lowest BCUT2D eigenvalue weighted by molar-refractivity contribution is -0.122. The molecule has 3 aromatic heterocycles. The van der Waals surface area contributed by atoms with Gasteiger partial charge in [0, 0.05) is 42.0 Å². The van der Waals surface area contributed by atoms with Crippen LogP contribution in [0.2, 0.25) is 0 Å². The number of nitrogens with one attached hydrogen (secondary N) is 1. The van der Waals surface area contributed by atoms with Crippen molar-refractivity contribution in [1.82, 2.24) is 24.6 Å². The molecule has 180 valence electrons. The fourth-order valence-electron chi connectivity index (χ4n) is 4.41. The summed E-state index contributed by atoms with van der Waals surface area (Å²) in [6.07, 6.45) is 5.28. The van der Waals surface area contributed by atoms with Crippen molar-refractivity contribution in [2.24, 2.45) is 0 Å². The Bertz CT molecular complexity index is 1310. The first-order chi connectivity index (χ1) is 16.5. The lowest BCUT2D eigenvalue weighted by Crippen LogP contribution is -2.41. The van der Waals surface area contributed by atoms with Crippen LogP contribution in [0.15, 0.2) is 58.1 Å². The minimum atomic E-state index is -0.239. The number of fused-ring (bicyclic) bond motifs is 3. The van der Waals surface area contributed by atoms with E-state index >= 15 is 0 Å². The first-order valence-electron chi connectivity index (χ1n) is 12.0. The van der Waals surface area contributed by atoms with E-state index < -0.39 is 0 Å². The van der Waals surface area contributed by atoms with Crippen molar-refractivity contribution < 1.29 is 9.21 Å². The predicted molar refractivity (Wildman–Crippen MR) is 134 cm³/mol. The number of aromatic nitrogens is 3. The average Bonchev–Trinajstić information content (AvgIpc) is 3.47. The molecule has 1 atom stereocenters. The number of carbonyl (C=O) groups excluding carboxylic acids is 1. The van der Waals surface area contributed by atoms with Gasteiger partial charge >= 0.3 is 0 Å². The first kappa shape index (κ1) is 23.8. The summed E-state index contributed by atoms with van der Waals surface area (Å²) in [5.74, 6) is 0.673. The van der Waals surface area contributed by atoms with Gasteiger partial charge in [-0.25, -0.2) is 4.68 Å². The van der Waals surface area contributed by atoms with Crippen LogP contribution in [0.5, 0.6) is 0 Å². The monoisotopic (exact) mass is 463 g/mol. The van der Waals surface area contributed by atoms with Gasteiger partial charge in [-0.05, 0) is 38.0 Å². The molecule has 0 fully saturated rings. The second kappa shape index (κ2) is 10.7. The topological polar surface area (TPSA) is 85.3 Å². The molecule has 0 bridgehead atoms. The highest BCUT2D eigenvalue weighted by atomic mass is 16.3. The van der Waals surface area contributed by atoms with Crippen LogP contribution in [-0.2, 0) is 24.4 Å². The lowest BCUT2D eigenvalue weighted by atomic mass is 10.2. The Labute approximate surface area is 199 Å². The second-order valence-corrected chi connectivity index (χ2v) is 8.70.